The van der Waals surface area contributed by atoms with Gasteiger partial charge in [0.2, 0.25) is 0 Å². The van der Waals surface area contributed by atoms with Crippen LogP contribution in [0.15, 0.2) is 88.4 Å². The fourth-order valence-corrected chi connectivity index (χ4v) is 5.78. The molecule has 0 bridgehead atoms. The number of aromatic amines is 1. The number of aliphatic hydroxyl groups excluding tert-OH is 1. The van der Waals surface area contributed by atoms with Crippen molar-refractivity contribution in [3.05, 3.63) is 123 Å². The number of rotatable bonds is 19. The molecule has 0 aliphatic heterocycles. The standard InChI is InChI=1S/C39H37ClF2N6O8/c1-2-52-38(50)33(20-49)44-18-26-16-29(40)35(17-34(26)54-21-23-10-11-31-32(14-23)48-56-47-31)55-22-25-7-4-9-28(36(25)42)24-6-3-8-27(15-24)53-13-5-12-43-37-30(41)19-45-39(51)46-37/h3-4,6-11,14-17,19,33,44,49H,2,5,12-13,18,20-22H2,1H3,(H2,43,45,46,51). The van der Waals surface area contributed by atoms with Gasteiger partial charge in [-0.05, 0) is 65.1 Å². The van der Waals surface area contributed by atoms with Gasteiger partial charge < -0.3 is 29.4 Å². The number of hydrogen-bond acceptors (Lipinski definition) is 13. The van der Waals surface area contributed by atoms with E-state index in [-0.39, 0.29) is 55.1 Å². The van der Waals surface area contributed by atoms with E-state index in [9.17, 15) is 19.1 Å². The minimum Gasteiger partial charge on any atom is -0.494 e. The Balaban J connectivity index is 1.13. The molecule has 292 valence electrons. The quantitative estimate of drug-likeness (QED) is 0.0558. The van der Waals surface area contributed by atoms with Crippen LogP contribution in [0.3, 0.4) is 0 Å². The summed E-state index contributed by atoms with van der Waals surface area (Å²) < 4.78 is 57.7. The molecule has 0 aliphatic rings. The number of carbonyl (C=O) groups is 1. The molecule has 56 heavy (non-hydrogen) atoms. The smallest absolute Gasteiger partial charge is 0.346 e. The number of aliphatic hydroxyl groups is 1. The number of hydrogen-bond donors (Lipinski definition) is 4. The van der Waals surface area contributed by atoms with E-state index in [1.165, 1.54) is 0 Å². The minimum atomic E-state index is -0.983. The first kappa shape index (κ1) is 39.6. The van der Waals surface area contributed by atoms with Gasteiger partial charge in [-0.1, -0.05) is 48.0 Å². The highest BCUT2D eigenvalue weighted by atomic mass is 35.5. The van der Waals surface area contributed by atoms with Crippen LogP contribution in [0.1, 0.15) is 30.0 Å². The fourth-order valence-electron chi connectivity index (χ4n) is 5.54. The second-order valence-corrected chi connectivity index (χ2v) is 12.7. The van der Waals surface area contributed by atoms with Gasteiger partial charge in [0.15, 0.2) is 5.82 Å². The van der Waals surface area contributed by atoms with Crippen LogP contribution in [0.25, 0.3) is 22.2 Å². The number of ether oxygens (including phenoxy) is 4. The Kier molecular flexibility index (Phi) is 13.4. The molecule has 1 unspecified atom stereocenters. The van der Waals surface area contributed by atoms with Gasteiger partial charge in [-0.15, -0.1) is 0 Å². The van der Waals surface area contributed by atoms with Crippen LogP contribution in [-0.4, -0.2) is 63.8 Å². The Bertz CT molecular complexity index is 2340. The molecule has 0 amide bonds. The molecule has 2 aromatic heterocycles. The summed E-state index contributed by atoms with van der Waals surface area (Å²) in [4.78, 5) is 29.3. The number of nitrogens with zero attached hydrogens (tertiary/aromatic N) is 3. The molecule has 6 rings (SSSR count). The summed E-state index contributed by atoms with van der Waals surface area (Å²) in [5.74, 6) is -0.739. The second-order valence-electron chi connectivity index (χ2n) is 12.3. The van der Waals surface area contributed by atoms with E-state index in [4.69, 9.17) is 35.2 Å². The number of anilines is 1. The summed E-state index contributed by atoms with van der Waals surface area (Å²) in [5.41, 5.74) is 2.98. The summed E-state index contributed by atoms with van der Waals surface area (Å²) in [6.45, 7) is 1.95. The molecule has 1 atom stereocenters. The van der Waals surface area contributed by atoms with Gasteiger partial charge in [0.1, 0.15) is 59.2 Å². The van der Waals surface area contributed by atoms with Crippen LogP contribution in [-0.2, 0) is 29.3 Å². The maximum atomic E-state index is 16.0. The fraction of sp³-hybridized carbons (Fsp3) is 0.256. The third kappa shape index (κ3) is 10.1. The highest BCUT2D eigenvalue weighted by Gasteiger charge is 2.21. The molecule has 0 saturated heterocycles. The Morgan fingerprint density at radius 1 is 0.964 bits per heavy atom. The van der Waals surface area contributed by atoms with Crippen molar-refractivity contribution in [2.24, 2.45) is 0 Å². The van der Waals surface area contributed by atoms with Crippen LogP contribution < -0.4 is 30.5 Å². The maximum Gasteiger partial charge on any atom is 0.346 e. The maximum absolute atomic E-state index is 16.0. The van der Waals surface area contributed by atoms with E-state index in [1.807, 2.05) is 6.07 Å². The Labute approximate surface area is 323 Å². The van der Waals surface area contributed by atoms with Gasteiger partial charge in [0, 0.05) is 35.8 Å². The molecule has 0 spiro atoms. The van der Waals surface area contributed by atoms with Gasteiger partial charge in [0.05, 0.1) is 31.0 Å². The molecule has 0 saturated carbocycles. The molecule has 4 N–H and O–H groups in total. The topological polar surface area (TPSA) is 183 Å². The lowest BCUT2D eigenvalue weighted by molar-refractivity contribution is -0.146. The van der Waals surface area contributed by atoms with Crippen LogP contribution >= 0.6 is 11.6 Å². The van der Waals surface area contributed by atoms with Crippen molar-refractivity contribution in [3.63, 3.8) is 0 Å². The van der Waals surface area contributed by atoms with Crippen molar-refractivity contribution in [2.75, 3.05) is 31.7 Å². The van der Waals surface area contributed by atoms with Crippen molar-refractivity contribution in [2.45, 2.75) is 39.1 Å². The number of esters is 1. The Hall–Kier alpha value is -6.10. The van der Waals surface area contributed by atoms with E-state index < -0.39 is 35.9 Å². The average molecular weight is 791 g/mol. The third-order valence-corrected chi connectivity index (χ3v) is 8.68. The SMILES string of the molecule is CCOC(=O)C(CO)NCc1cc(Cl)c(OCc2cccc(-c3cccc(OCCCNc4[nH]c(=O)ncc4F)c3)c2F)cc1OCc1ccc2nonc2c1. The van der Waals surface area contributed by atoms with Crippen molar-refractivity contribution < 1.29 is 42.3 Å². The van der Waals surface area contributed by atoms with E-state index in [0.29, 0.717) is 52.2 Å². The molecule has 6 aromatic rings. The molecular weight excluding hydrogens is 754 g/mol. The lowest BCUT2D eigenvalue weighted by Gasteiger charge is -2.19. The lowest BCUT2D eigenvalue weighted by atomic mass is 10.0. The van der Waals surface area contributed by atoms with Gasteiger partial charge >= 0.3 is 11.7 Å². The number of aromatic nitrogens is 4. The third-order valence-electron chi connectivity index (χ3n) is 8.38. The summed E-state index contributed by atoms with van der Waals surface area (Å²) in [6.07, 6.45) is 1.32. The zero-order chi connectivity index (χ0) is 39.4. The van der Waals surface area contributed by atoms with Crippen molar-refractivity contribution in [3.8, 4) is 28.4 Å². The van der Waals surface area contributed by atoms with Crippen molar-refractivity contribution in [1.29, 1.82) is 0 Å². The average Bonchev–Trinajstić information content (AvgIpc) is 3.67. The molecule has 4 aromatic carbocycles. The Morgan fingerprint density at radius 3 is 2.62 bits per heavy atom. The second kappa shape index (κ2) is 19.0. The van der Waals surface area contributed by atoms with E-state index >= 15 is 4.39 Å². The number of carbonyl (C=O) groups excluding carboxylic acids is 1. The van der Waals surface area contributed by atoms with Gasteiger partial charge in [-0.2, -0.15) is 4.98 Å². The predicted octanol–water partition coefficient (Wildman–Crippen LogP) is 5.96. The van der Waals surface area contributed by atoms with Crippen molar-refractivity contribution >= 4 is 34.4 Å². The summed E-state index contributed by atoms with van der Waals surface area (Å²) in [5, 5.41) is 23.4. The van der Waals surface area contributed by atoms with Crippen LogP contribution in [0.2, 0.25) is 5.02 Å². The molecular formula is C39H37ClF2N6O8. The van der Waals surface area contributed by atoms with Crippen LogP contribution in [0.5, 0.6) is 17.2 Å². The molecule has 0 radical (unpaired) electrons. The van der Waals surface area contributed by atoms with Gasteiger partial charge in [-0.25, -0.2) is 18.2 Å². The number of fused-ring (bicyclic) bond motifs is 1. The first-order valence-electron chi connectivity index (χ1n) is 17.5. The highest BCUT2D eigenvalue weighted by Crippen LogP contribution is 2.35. The zero-order valence-electron chi connectivity index (χ0n) is 30.0. The lowest BCUT2D eigenvalue weighted by Crippen LogP contribution is -2.40. The van der Waals surface area contributed by atoms with E-state index in [0.717, 1.165) is 11.8 Å². The monoisotopic (exact) mass is 790 g/mol. The zero-order valence-corrected chi connectivity index (χ0v) is 30.8. The number of H-pyrrole nitrogens is 1. The van der Waals surface area contributed by atoms with Gasteiger partial charge in [0.25, 0.3) is 0 Å². The van der Waals surface area contributed by atoms with Crippen molar-refractivity contribution in [1.82, 2.24) is 25.6 Å². The normalized spacial score (nSPS) is 11.7. The van der Waals surface area contributed by atoms with Gasteiger partial charge in [-0.3, -0.25) is 15.1 Å². The Morgan fingerprint density at radius 2 is 1.79 bits per heavy atom. The molecule has 0 fully saturated rings. The number of nitrogens with one attached hydrogen (secondary N) is 3. The first-order chi connectivity index (χ1) is 27.2. The van der Waals surface area contributed by atoms with Crippen LogP contribution in [0.4, 0.5) is 14.6 Å². The largest absolute Gasteiger partial charge is 0.494 e. The molecule has 2 heterocycles. The molecule has 14 nitrogen and oxygen atoms in total. The molecule has 17 heteroatoms. The van der Waals surface area contributed by atoms with E-state index in [1.54, 1.807) is 73.7 Å². The summed E-state index contributed by atoms with van der Waals surface area (Å²) >= 11 is 6.67. The van der Waals surface area contributed by atoms with Crippen LogP contribution in [0, 0.1) is 11.6 Å². The van der Waals surface area contributed by atoms with E-state index in [2.05, 4.69) is 30.9 Å². The number of benzene rings is 4. The number of halogens is 3. The summed E-state index contributed by atoms with van der Waals surface area (Å²) in [6, 6.07) is 19.5. The predicted molar refractivity (Wildman–Crippen MR) is 202 cm³/mol. The molecule has 0 aliphatic carbocycles. The minimum absolute atomic E-state index is 0.0488. The first-order valence-corrected chi connectivity index (χ1v) is 17.9. The highest BCUT2D eigenvalue weighted by molar-refractivity contribution is 6.32. The summed E-state index contributed by atoms with van der Waals surface area (Å²) in [7, 11) is 0.